The van der Waals surface area contributed by atoms with Crippen LogP contribution in [0.2, 0.25) is 5.02 Å². The van der Waals surface area contributed by atoms with Gasteiger partial charge in [0, 0.05) is 17.1 Å². The molecule has 1 N–H and O–H groups in total. The van der Waals surface area contributed by atoms with Crippen LogP contribution in [0.3, 0.4) is 0 Å². The molecule has 6 heteroatoms. The standard InChI is InChI=1S/C17H17ClN2O3/c1-11(2)17-8-9-20(16(21)22)15(17)23-19-14(17)7-6-12-4-3-5-13(18)10-12/h3-5,10-11,15H,8-9H2,1-2H3,(H,21,22). The Balaban J connectivity index is 1.94. The summed E-state index contributed by atoms with van der Waals surface area (Å²) < 4.78 is 0. The monoisotopic (exact) mass is 332 g/mol. The van der Waals surface area contributed by atoms with Gasteiger partial charge in [0.05, 0.1) is 5.41 Å². The minimum atomic E-state index is -0.989. The fourth-order valence-corrected chi connectivity index (χ4v) is 3.47. The molecular formula is C17H17ClN2O3. The first-order chi connectivity index (χ1) is 10.9. The molecule has 0 radical (unpaired) electrons. The van der Waals surface area contributed by atoms with Crippen LogP contribution in [-0.4, -0.2) is 34.6 Å². The van der Waals surface area contributed by atoms with Crippen molar-refractivity contribution in [1.82, 2.24) is 4.90 Å². The molecule has 1 aromatic rings. The van der Waals surface area contributed by atoms with Crippen LogP contribution < -0.4 is 0 Å². The Morgan fingerprint density at radius 3 is 2.96 bits per heavy atom. The summed E-state index contributed by atoms with van der Waals surface area (Å²) >= 11 is 5.97. The zero-order valence-corrected chi connectivity index (χ0v) is 13.7. The number of nitrogens with zero attached hydrogens (tertiary/aromatic N) is 2. The highest BCUT2D eigenvalue weighted by atomic mass is 35.5. The SMILES string of the molecule is CC(C)C12CCN(C(=O)O)C1ON=C2C#Cc1cccc(Cl)c1. The summed E-state index contributed by atoms with van der Waals surface area (Å²) in [5, 5.41) is 14.0. The Hall–Kier alpha value is -2.19. The topological polar surface area (TPSA) is 62.1 Å². The van der Waals surface area contributed by atoms with Gasteiger partial charge in [-0.2, -0.15) is 0 Å². The van der Waals surface area contributed by atoms with Crippen LogP contribution in [-0.2, 0) is 4.84 Å². The van der Waals surface area contributed by atoms with Crippen LogP contribution in [0.15, 0.2) is 29.4 Å². The van der Waals surface area contributed by atoms with E-state index in [1.165, 1.54) is 4.90 Å². The Labute approximate surface area is 139 Å². The molecule has 2 heterocycles. The van der Waals surface area contributed by atoms with E-state index in [1.54, 1.807) is 12.1 Å². The van der Waals surface area contributed by atoms with Crippen molar-refractivity contribution < 1.29 is 14.7 Å². The summed E-state index contributed by atoms with van der Waals surface area (Å²) in [6.45, 7) is 4.52. The fraction of sp³-hybridized carbons (Fsp3) is 0.412. The van der Waals surface area contributed by atoms with E-state index in [0.717, 1.165) is 5.56 Å². The van der Waals surface area contributed by atoms with Crippen molar-refractivity contribution in [2.24, 2.45) is 16.5 Å². The van der Waals surface area contributed by atoms with Gasteiger partial charge in [-0.1, -0.05) is 42.6 Å². The minimum absolute atomic E-state index is 0.159. The highest BCUT2D eigenvalue weighted by Crippen LogP contribution is 2.48. The van der Waals surface area contributed by atoms with Crippen LogP contribution in [0.1, 0.15) is 25.8 Å². The smallest absolute Gasteiger partial charge is 0.410 e. The zero-order valence-electron chi connectivity index (χ0n) is 12.9. The Morgan fingerprint density at radius 1 is 1.52 bits per heavy atom. The average molecular weight is 333 g/mol. The first-order valence-electron chi connectivity index (χ1n) is 7.46. The van der Waals surface area contributed by atoms with E-state index in [-0.39, 0.29) is 5.92 Å². The van der Waals surface area contributed by atoms with E-state index in [9.17, 15) is 9.90 Å². The summed E-state index contributed by atoms with van der Waals surface area (Å²) in [5.41, 5.74) is 0.918. The lowest BCUT2D eigenvalue weighted by molar-refractivity contribution is -0.0512. The Kier molecular flexibility index (Phi) is 3.95. The molecule has 120 valence electrons. The van der Waals surface area contributed by atoms with Crippen molar-refractivity contribution in [1.29, 1.82) is 0 Å². The van der Waals surface area contributed by atoms with Gasteiger partial charge in [0.15, 0.2) is 0 Å². The third kappa shape index (κ3) is 2.53. The number of fused-ring (bicyclic) bond motifs is 1. The third-order valence-corrected chi connectivity index (χ3v) is 4.84. The maximum Gasteiger partial charge on any atom is 0.410 e. The molecule has 0 spiro atoms. The largest absolute Gasteiger partial charge is 0.465 e. The number of benzene rings is 1. The van der Waals surface area contributed by atoms with Gasteiger partial charge >= 0.3 is 6.09 Å². The lowest BCUT2D eigenvalue weighted by Gasteiger charge is -2.31. The van der Waals surface area contributed by atoms with E-state index >= 15 is 0 Å². The lowest BCUT2D eigenvalue weighted by Crippen LogP contribution is -2.46. The molecule has 0 aromatic heterocycles. The second-order valence-corrected chi connectivity index (χ2v) is 6.52. The highest BCUT2D eigenvalue weighted by Gasteiger charge is 2.59. The average Bonchev–Trinajstić information content (AvgIpc) is 3.03. The van der Waals surface area contributed by atoms with Gasteiger partial charge < -0.3 is 9.94 Å². The van der Waals surface area contributed by atoms with Gasteiger partial charge in [0.25, 0.3) is 0 Å². The maximum absolute atomic E-state index is 11.4. The maximum atomic E-state index is 11.4. The van der Waals surface area contributed by atoms with E-state index in [0.29, 0.717) is 23.7 Å². The number of halogens is 1. The lowest BCUT2D eigenvalue weighted by atomic mass is 9.71. The molecule has 2 atom stereocenters. The molecule has 0 aliphatic carbocycles. The van der Waals surface area contributed by atoms with Gasteiger partial charge in [-0.05, 0) is 36.5 Å². The number of hydrogen-bond acceptors (Lipinski definition) is 3. The molecule has 5 nitrogen and oxygen atoms in total. The summed E-state index contributed by atoms with van der Waals surface area (Å²) in [4.78, 5) is 18.1. The van der Waals surface area contributed by atoms with Crippen LogP contribution in [0, 0.1) is 23.2 Å². The van der Waals surface area contributed by atoms with E-state index in [2.05, 4.69) is 17.0 Å². The zero-order chi connectivity index (χ0) is 16.6. The molecule has 1 saturated heterocycles. The van der Waals surface area contributed by atoms with Gasteiger partial charge in [0.1, 0.15) is 5.71 Å². The number of amides is 1. The van der Waals surface area contributed by atoms with Crippen molar-refractivity contribution in [2.75, 3.05) is 6.54 Å². The van der Waals surface area contributed by atoms with Crippen LogP contribution in [0.5, 0.6) is 0 Å². The van der Waals surface area contributed by atoms with Crippen LogP contribution in [0.25, 0.3) is 0 Å². The molecule has 2 unspecified atom stereocenters. The molecule has 3 rings (SSSR count). The van der Waals surface area contributed by atoms with Crippen molar-refractivity contribution in [2.45, 2.75) is 26.5 Å². The molecule has 2 aliphatic rings. The molecule has 1 amide bonds. The van der Waals surface area contributed by atoms with Crippen LogP contribution >= 0.6 is 11.6 Å². The molecule has 1 fully saturated rings. The molecule has 23 heavy (non-hydrogen) atoms. The predicted octanol–water partition coefficient (Wildman–Crippen LogP) is 3.43. The number of carbonyl (C=O) groups is 1. The summed E-state index contributed by atoms with van der Waals surface area (Å²) in [6.07, 6.45) is -0.925. The molecule has 1 aromatic carbocycles. The summed E-state index contributed by atoms with van der Waals surface area (Å²) in [6, 6.07) is 7.27. The van der Waals surface area contributed by atoms with Crippen molar-refractivity contribution in [3.05, 3.63) is 34.9 Å². The molecule has 0 saturated carbocycles. The number of oxime groups is 1. The Bertz CT molecular complexity index is 735. The number of hydrogen-bond donors (Lipinski definition) is 1. The van der Waals surface area contributed by atoms with Crippen LogP contribution in [0.4, 0.5) is 4.79 Å². The first kappa shape index (κ1) is 15.7. The molecule has 0 bridgehead atoms. The van der Waals surface area contributed by atoms with Gasteiger partial charge in [-0.15, -0.1) is 0 Å². The van der Waals surface area contributed by atoms with Gasteiger partial charge in [-0.3, -0.25) is 4.90 Å². The third-order valence-electron chi connectivity index (χ3n) is 4.60. The number of rotatable bonds is 1. The van der Waals surface area contributed by atoms with E-state index in [1.807, 2.05) is 26.0 Å². The summed E-state index contributed by atoms with van der Waals surface area (Å²) in [5.74, 6) is 6.29. The first-order valence-corrected chi connectivity index (χ1v) is 7.84. The normalized spacial score (nSPS) is 25.5. The quantitative estimate of drug-likeness (QED) is 0.801. The van der Waals surface area contributed by atoms with Gasteiger partial charge in [-0.25, -0.2) is 4.79 Å². The number of carboxylic acid groups (broad SMARTS) is 1. The second-order valence-electron chi connectivity index (χ2n) is 6.08. The molecule has 2 aliphatic heterocycles. The van der Waals surface area contributed by atoms with Crippen molar-refractivity contribution in [3.8, 4) is 11.8 Å². The minimum Gasteiger partial charge on any atom is -0.465 e. The van der Waals surface area contributed by atoms with Gasteiger partial charge in [0.2, 0.25) is 6.23 Å². The number of likely N-dealkylation sites (tertiary alicyclic amines) is 1. The van der Waals surface area contributed by atoms with Crippen molar-refractivity contribution >= 4 is 23.4 Å². The Morgan fingerprint density at radius 2 is 2.30 bits per heavy atom. The molecular weight excluding hydrogens is 316 g/mol. The van der Waals surface area contributed by atoms with E-state index < -0.39 is 17.7 Å². The highest BCUT2D eigenvalue weighted by molar-refractivity contribution is 6.30. The van der Waals surface area contributed by atoms with Crippen molar-refractivity contribution in [3.63, 3.8) is 0 Å². The fourth-order valence-electron chi connectivity index (χ4n) is 3.28. The predicted molar refractivity (Wildman–Crippen MR) is 87.3 cm³/mol. The second kappa shape index (κ2) is 5.78. The van der Waals surface area contributed by atoms with E-state index in [4.69, 9.17) is 16.4 Å². The summed E-state index contributed by atoms with van der Waals surface area (Å²) in [7, 11) is 0.